The molecule has 19 heavy (non-hydrogen) atoms. The summed E-state index contributed by atoms with van der Waals surface area (Å²) in [6, 6.07) is 7.22. The van der Waals surface area contributed by atoms with E-state index in [0.717, 1.165) is 5.56 Å². The van der Waals surface area contributed by atoms with Gasteiger partial charge in [-0.2, -0.15) is 0 Å². The molecule has 1 aromatic carbocycles. The SMILES string of the molecule is CCS(=O)(=O)CCNCc1ccccc1/C(N)=N/O. The lowest BCUT2D eigenvalue weighted by atomic mass is 10.1. The van der Waals surface area contributed by atoms with E-state index in [2.05, 4.69) is 10.5 Å². The van der Waals surface area contributed by atoms with Gasteiger partial charge in [-0.1, -0.05) is 36.3 Å². The van der Waals surface area contributed by atoms with Gasteiger partial charge in [0.05, 0.1) is 5.75 Å². The Balaban J connectivity index is 2.59. The van der Waals surface area contributed by atoms with E-state index in [1.54, 1.807) is 19.1 Å². The summed E-state index contributed by atoms with van der Waals surface area (Å²) >= 11 is 0. The number of nitrogens with one attached hydrogen (secondary N) is 1. The zero-order chi connectivity index (χ0) is 14.3. The van der Waals surface area contributed by atoms with Gasteiger partial charge in [0, 0.05) is 24.4 Å². The number of amidine groups is 1. The van der Waals surface area contributed by atoms with Gasteiger partial charge in [0.2, 0.25) is 0 Å². The van der Waals surface area contributed by atoms with Gasteiger partial charge in [-0.15, -0.1) is 0 Å². The van der Waals surface area contributed by atoms with Crippen molar-refractivity contribution in [1.82, 2.24) is 5.32 Å². The van der Waals surface area contributed by atoms with Crippen LogP contribution in [0.3, 0.4) is 0 Å². The highest BCUT2D eigenvalue weighted by molar-refractivity contribution is 7.91. The molecule has 0 aliphatic carbocycles. The Morgan fingerprint density at radius 2 is 2.11 bits per heavy atom. The highest BCUT2D eigenvalue weighted by atomic mass is 32.2. The largest absolute Gasteiger partial charge is 0.409 e. The van der Waals surface area contributed by atoms with Gasteiger partial charge in [-0.25, -0.2) is 8.42 Å². The maximum absolute atomic E-state index is 11.3. The van der Waals surface area contributed by atoms with Crippen molar-refractivity contribution in [3.8, 4) is 0 Å². The number of hydrogen-bond acceptors (Lipinski definition) is 5. The van der Waals surface area contributed by atoms with E-state index in [9.17, 15) is 8.42 Å². The number of rotatable bonds is 7. The van der Waals surface area contributed by atoms with Crippen LogP contribution < -0.4 is 11.1 Å². The summed E-state index contributed by atoms with van der Waals surface area (Å²) in [5, 5.41) is 14.7. The van der Waals surface area contributed by atoms with Crippen molar-refractivity contribution >= 4 is 15.7 Å². The van der Waals surface area contributed by atoms with Crippen LogP contribution in [0.2, 0.25) is 0 Å². The minimum absolute atomic E-state index is 0.0404. The van der Waals surface area contributed by atoms with Crippen molar-refractivity contribution in [2.45, 2.75) is 13.5 Å². The minimum atomic E-state index is -2.96. The van der Waals surface area contributed by atoms with Crippen LogP contribution in [-0.4, -0.2) is 37.5 Å². The van der Waals surface area contributed by atoms with Crippen molar-refractivity contribution in [3.63, 3.8) is 0 Å². The lowest BCUT2D eigenvalue weighted by Crippen LogP contribution is -2.25. The minimum Gasteiger partial charge on any atom is -0.409 e. The van der Waals surface area contributed by atoms with E-state index in [0.29, 0.717) is 18.7 Å². The first-order valence-corrected chi connectivity index (χ1v) is 7.79. The normalized spacial score (nSPS) is 12.6. The number of sulfone groups is 1. The van der Waals surface area contributed by atoms with Crippen molar-refractivity contribution in [1.29, 1.82) is 0 Å². The lowest BCUT2D eigenvalue weighted by molar-refractivity contribution is 0.318. The van der Waals surface area contributed by atoms with Crippen LogP contribution in [0.25, 0.3) is 0 Å². The van der Waals surface area contributed by atoms with Crippen LogP contribution in [0.5, 0.6) is 0 Å². The molecule has 0 radical (unpaired) electrons. The fourth-order valence-corrected chi connectivity index (χ4v) is 2.32. The van der Waals surface area contributed by atoms with E-state index in [4.69, 9.17) is 10.9 Å². The predicted molar refractivity (Wildman–Crippen MR) is 75.0 cm³/mol. The van der Waals surface area contributed by atoms with E-state index in [1.165, 1.54) is 0 Å². The summed E-state index contributed by atoms with van der Waals surface area (Å²) in [6.07, 6.45) is 0. The van der Waals surface area contributed by atoms with E-state index < -0.39 is 9.84 Å². The topological polar surface area (TPSA) is 105 Å². The van der Waals surface area contributed by atoms with E-state index in [1.807, 2.05) is 12.1 Å². The second-order valence-corrected chi connectivity index (χ2v) is 6.53. The van der Waals surface area contributed by atoms with Gasteiger partial charge >= 0.3 is 0 Å². The van der Waals surface area contributed by atoms with E-state index in [-0.39, 0.29) is 17.3 Å². The average Bonchev–Trinajstić information content (AvgIpc) is 2.43. The van der Waals surface area contributed by atoms with Gasteiger partial charge < -0.3 is 16.3 Å². The predicted octanol–water partition coefficient (Wildman–Crippen LogP) is 0.305. The maximum Gasteiger partial charge on any atom is 0.170 e. The van der Waals surface area contributed by atoms with Crippen molar-refractivity contribution in [3.05, 3.63) is 35.4 Å². The molecule has 1 rings (SSSR count). The molecule has 0 aliphatic rings. The highest BCUT2D eigenvalue weighted by Gasteiger charge is 2.08. The molecule has 0 saturated heterocycles. The van der Waals surface area contributed by atoms with Crippen molar-refractivity contribution in [2.24, 2.45) is 10.9 Å². The molecule has 1 aromatic rings. The Morgan fingerprint density at radius 1 is 1.42 bits per heavy atom. The number of nitrogens with zero attached hydrogens (tertiary/aromatic N) is 1. The maximum atomic E-state index is 11.3. The van der Waals surface area contributed by atoms with Crippen LogP contribution in [-0.2, 0) is 16.4 Å². The summed E-state index contributed by atoms with van der Waals surface area (Å²) in [6.45, 7) is 2.47. The zero-order valence-electron chi connectivity index (χ0n) is 10.8. The Labute approximate surface area is 113 Å². The van der Waals surface area contributed by atoms with Gasteiger partial charge in [0.15, 0.2) is 15.7 Å². The Bertz CT molecular complexity index is 541. The van der Waals surface area contributed by atoms with E-state index >= 15 is 0 Å². The van der Waals surface area contributed by atoms with Gasteiger partial charge in [-0.05, 0) is 5.56 Å². The molecule has 4 N–H and O–H groups in total. The fraction of sp³-hybridized carbons (Fsp3) is 0.417. The molecule has 106 valence electrons. The second-order valence-electron chi connectivity index (χ2n) is 4.06. The van der Waals surface area contributed by atoms with Crippen LogP contribution in [0.15, 0.2) is 29.4 Å². The molecule has 0 aromatic heterocycles. The number of oxime groups is 1. The number of benzene rings is 1. The summed E-state index contributed by atoms with van der Waals surface area (Å²) in [5.41, 5.74) is 7.05. The van der Waals surface area contributed by atoms with Crippen LogP contribution in [0.1, 0.15) is 18.1 Å². The summed E-state index contributed by atoms with van der Waals surface area (Å²) < 4.78 is 22.6. The number of nitrogens with two attached hydrogens (primary N) is 1. The van der Waals surface area contributed by atoms with Gasteiger partial charge in [-0.3, -0.25) is 0 Å². The highest BCUT2D eigenvalue weighted by Crippen LogP contribution is 2.08. The van der Waals surface area contributed by atoms with Crippen LogP contribution >= 0.6 is 0 Å². The first-order chi connectivity index (χ1) is 9.00. The molecule has 0 unspecified atom stereocenters. The van der Waals surface area contributed by atoms with Crippen molar-refractivity contribution < 1.29 is 13.6 Å². The third-order valence-corrected chi connectivity index (χ3v) is 4.45. The Morgan fingerprint density at radius 3 is 2.74 bits per heavy atom. The Kier molecular flexibility index (Phi) is 5.78. The molecule has 0 heterocycles. The third kappa shape index (κ3) is 4.88. The lowest BCUT2D eigenvalue weighted by Gasteiger charge is -2.09. The molecular weight excluding hydrogens is 266 g/mol. The Hall–Kier alpha value is -1.60. The molecule has 0 aliphatic heterocycles. The first-order valence-electron chi connectivity index (χ1n) is 5.97. The van der Waals surface area contributed by atoms with Crippen LogP contribution in [0, 0.1) is 0 Å². The molecular formula is C12H19N3O3S. The molecule has 0 atom stereocenters. The molecule has 0 spiro atoms. The molecule has 0 bridgehead atoms. The summed E-state index contributed by atoms with van der Waals surface area (Å²) in [4.78, 5) is 0. The third-order valence-electron chi connectivity index (χ3n) is 2.75. The molecule has 7 heteroatoms. The standard InChI is InChI=1S/C12H19N3O3S/c1-2-19(17,18)8-7-14-9-10-5-3-4-6-11(10)12(13)15-16/h3-6,14,16H,2,7-9H2,1H3,(H2,13,15). The molecule has 6 nitrogen and oxygen atoms in total. The molecule has 0 saturated carbocycles. The van der Waals surface area contributed by atoms with Crippen LogP contribution in [0.4, 0.5) is 0 Å². The summed E-state index contributed by atoms with van der Waals surface area (Å²) in [7, 11) is -2.96. The van der Waals surface area contributed by atoms with Gasteiger partial charge in [0.25, 0.3) is 0 Å². The second kappa shape index (κ2) is 7.10. The van der Waals surface area contributed by atoms with Gasteiger partial charge in [0.1, 0.15) is 0 Å². The average molecular weight is 285 g/mol. The number of hydrogen-bond donors (Lipinski definition) is 3. The quantitative estimate of drug-likeness (QED) is 0.220. The first kappa shape index (κ1) is 15.5. The zero-order valence-corrected chi connectivity index (χ0v) is 11.7. The fourth-order valence-electron chi connectivity index (χ4n) is 1.57. The monoisotopic (exact) mass is 285 g/mol. The summed E-state index contributed by atoms with van der Waals surface area (Å²) in [5.74, 6) is 0.295. The molecule has 0 fully saturated rings. The smallest absolute Gasteiger partial charge is 0.170 e. The van der Waals surface area contributed by atoms with Crippen molar-refractivity contribution in [2.75, 3.05) is 18.1 Å². The molecule has 0 amide bonds.